The summed E-state index contributed by atoms with van der Waals surface area (Å²) in [4.78, 5) is 14.1. The van der Waals surface area contributed by atoms with Crippen LogP contribution in [0.25, 0.3) is 0 Å². The molecule has 1 unspecified atom stereocenters. The van der Waals surface area contributed by atoms with Gasteiger partial charge in [-0.05, 0) is 61.0 Å². The molecule has 0 saturated carbocycles. The SMILES string of the molecule is CCN(C)C(Cc1ccc(OCc2ccc(OCc3ccccc3)cc2)cc1)C(=O)OC. The lowest BCUT2D eigenvalue weighted by Gasteiger charge is -2.24. The summed E-state index contributed by atoms with van der Waals surface area (Å²) in [6.45, 7) is 3.82. The summed E-state index contributed by atoms with van der Waals surface area (Å²) in [7, 11) is 3.36. The Morgan fingerprint density at radius 1 is 0.781 bits per heavy atom. The molecule has 0 bridgehead atoms. The Labute approximate surface area is 190 Å². The summed E-state index contributed by atoms with van der Waals surface area (Å²) in [5.41, 5.74) is 3.27. The highest BCUT2D eigenvalue weighted by molar-refractivity contribution is 5.76. The lowest BCUT2D eigenvalue weighted by molar-refractivity contribution is -0.146. The van der Waals surface area contributed by atoms with Gasteiger partial charge in [0.15, 0.2) is 0 Å². The molecule has 0 N–H and O–H groups in total. The quantitative estimate of drug-likeness (QED) is 0.403. The van der Waals surface area contributed by atoms with Crippen molar-refractivity contribution in [1.82, 2.24) is 4.90 Å². The minimum absolute atomic E-state index is 0.217. The van der Waals surface area contributed by atoms with Crippen LogP contribution in [0.1, 0.15) is 23.6 Å². The monoisotopic (exact) mass is 433 g/mol. The molecule has 5 nitrogen and oxygen atoms in total. The second kappa shape index (κ2) is 11.9. The van der Waals surface area contributed by atoms with Crippen molar-refractivity contribution >= 4 is 5.97 Å². The molecule has 32 heavy (non-hydrogen) atoms. The fourth-order valence-electron chi connectivity index (χ4n) is 3.31. The van der Waals surface area contributed by atoms with E-state index in [1.807, 2.05) is 97.7 Å². The van der Waals surface area contributed by atoms with Crippen LogP contribution in [0.5, 0.6) is 11.5 Å². The molecule has 3 rings (SSSR count). The normalized spacial score (nSPS) is 11.8. The molecule has 0 spiro atoms. The van der Waals surface area contributed by atoms with Crippen molar-refractivity contribution in [3.05, 3.63) is 95.6 Å². The van der Waals surface area contributed by atoms with Crippen molar-refractivity contribution in [2.75, 3.05) is 20.7 Å². The minimum atomic E-state index is -0.292. The number of hydrogen-bond acceptors (Lipinski definition) is 5. The molecule has 0 aliphatic rings. The average molecular weight is 434 g/mol. The van der Waals surface area contributed by atoms with E-state index in [0.717, 1.165) is 34.7 Å². The number of carbonyl (C=O) groups is 1. The van der Waals surface area contributed by atoms with Gasteiger partial charge in [0.25, 0.3) is 0 Å². The first-order valence-corrected chi connectivity index (χ1v) is 10.8. The molecule has 1 atom stereocenters. The van der Waals surface area contributed by atoms with Crippen LogP contribution in [0.3, 0.4) is 0 Å². The Morgan fingerprint density at radius 2 is 1.28 bits per heavy atom. The van der Waals surface area contributed by atoms with E-state index in [9.17, 15) is 4.79 Å². The van der Waals surface area contributed by atoms with Crippen molar-refractivity contribution in [2.24, 2.45) is 0 Å². The molecule has 0 heterocycles. The first-order valence-electron chi connectivity index (χ1n) is 10.8. The highest BCUT2D eigenvalue weighted by Crippen LogP contribution is 2.19. The van der Waals surface area contributed by atoms with E-state index in [1.54, 1.807) is 0 Å². The van der Waals surface area contributed by atoms with Crippen LogP contribution in [0.4, 0.5) is 0 Å². The van der Waals surface area contributed by atoms with E-state index in [1.165, 1.54) is 7.11 Å². The van der Waals surface area contributed by atoms with Gasteiger partial charge in [-0.1, -0.05) is 61.5 Å². The van der Waals surface area contributed by atoms with Gasteiger partial charge in [0.05, 0.1) is 7.11 Å². The Kier molecular flexibility index (Phi) is 8.70. The molecule has 0 saturated heterocycles. The highest BCUT2D eigenvalue weighted by Gasteiger charge is 2.23. The molecule has 168 valence electrons. The zero-order chi connectivity index (χ0) is 22.8. The van der Waals surface area contributed by atoms with E-state index in [0.29, 0.717) is 19.6 Å². The third kappa shape index (κ3) is 6.86. The Morgan fingerprint density at radius 3 is 1.78 bits per heavy atom. The van der Waals surface area contributed by atoms with Crippen LogP contribution in [-0.4, -0.2) is 37.6 Å². The van der Waals surface area contributed by atoms with Crippen molar-refractivity contribution in [1.29, 1.82) is 0 Å². The van der Waals surface area contributed by atoms with Gasteiger partial charge >= 0.3 is 5.97 Å². The van der Waals surface area contributed by atoms with Gasteiger partial charge in [0.1, 0.15) is 30.8 Å². The predicted octanol–water partition coefficient (Wildman–Crippen LogP) is 4.88. The van der Waals surface area contributed by atoms with Crippen molar-refractivity contribution in [3.63, 3.8) is 0 Å². The Balaban J connectivity index is 1.49. The average Bonchev–Trinajstić information content (AvgIpc) is 2.85. The van der Waals surface area contributed by atoms with E-state index in [-0.39, 0.29) is 12.0 Å². The Hall–Kier alpha value is -3.31. The summed E-state index contributed by atoms with van der Waals surface area (Å²) in [6, 6.07) is 25.6. The molecular weight excluding hydrogens is 402 g/mol. The van der Waals surface area contributed by atoms with Crippen LogP contribution in [0, 0.1) is 0 Å². The van der Waals surface area contributed by atoms with Crippen molar-refractivity contribution in [3.8, 4) is 11.5 Å². The summed E-state index contributed by atoms with van der Waals surface area (Å²) >= 11 is 0. The van der Waals surface area contributed by atoms with Gasteiger partial charge in [0, 0.05) is 0 Å². The van der Waals surface area contributed by atoms with Crippen LogP contribution in [0.15, 0.2) is 78.9 Å². The standard InChI is InChI=1S/C27H31NO4/c1-4-28(2)26(27(29)30-3)18-21-10-14-24(15-11-21)32-20-23-12-16-25(17-13-23)31-19-22-8-6-5-7-9-22/h5-17,26H,4,18-20H2,1-3H3. The lowest BCUT2D eigenvalue weighted by atomic mass is 10.0. The largest absolute Gasteiger partial charge is 0.489 e. The van der Waals surface area contributed by atoms with Crippen LogP contribution < -0.4 is 9.47 Å². The molecule has 0 fully saturated rings. The van der Waals surface area contributed by atoms with Crippen LogP contribution in [-0.2, 0) is 29.2 Å². The van der Waals surface area contributed by atoms with Gasteiger partial charge in [-0.3, -0.25) is 9.69 Å². The zero-order valence-electron chi connectivity index (χ0n) is 19.0. The molecule has 0 aromatic heterocycles. The number of nitrogens with zero attached hydrogens (tertiary/aromatic N) is 1. The fourth-order valence-corrected chi connectivity index (χ4v) is 3.31. The number of methoxy groups -OCH3 is 1. The van der Waals surface area contributed by atoms with E-state index in [4.69, 9.17) is 14.2 Å². The van der Waals surface area contributed by atoms with Crippen molar-refractivity contribution in [2.45, 2.75) is 32.6 Å². The van der Waals surface area contributed by atoms with E-state index < -0.39 is 0 Å². The molecule has 3 aromatic carbocycles. The first-order chi connectivity index (χ1) is 15.6. The Bertz CT molecular complexity index is 955. The second-order valence-corrected chi connectivity index (χ2v) is 7.67. The van der Waals surface area contributed by atoms with Gasteiger partial charge in [-0.25, -0.2) is 0 Å². The topological polar surface area (TPSA) is 48.0 Å². The molecule has 0 amide bonds. The first kappa shape index (κ1) is 23.4. The molecular formula is C27H31NO4. The summed E-state index contributed by atoms with van der Waals surface area (Å²) in [6.07, 6.45) is 0.599. The molecule has 5 heteroatoms. The zero-order valence-corrected chi connectivity index (χ0v) is 19.0. The van der Waals surface area contributed by atoms with Crippen LogP contribution in [0.2, 0.25) is 0 Å². The van der Waals surface area contributed by atoms with E-state index >= 15 is 0 Å². The molecule has 3 aromatic rings. The number of benzene rings is 3. The van der Waals surface area contributed by atoms with Crippen LogP contribution >= 0.6 is 0 Å². The molecule has 0 aliphatic carbocycles. The van der Waals surface area contributed by atoms with Gasteiger partial charge in [-0.2, -0.15) is 0 Å². The highest BCUT2D eigenvalue weighted by atomic mass is 16.5. The third-order valence-electron chi connectivity index (χ3n) is 5.43. The maximum Gasteiger partial charge on any atom is 0.323 e. The maximum absolute atomic E-state index is 12.1. The number of carbonyl (C=O) groups excluding carboxylic acids is 1. The summed E-state index contributed by atoms with van der Waals surface area (Å²) in [5.74, 6) is 1.40. The fraction of sp³-hybridized carbons (Fsp3) is 0.296. The smallest absolute Gasteiger partial charge is 0.323 e. The number of likely N-dealkylation sites (N-methyl/N-ethyl adjacent to an activating group) is 1. The minimum Gasteiger partial charge on any atom is -0.489 e. The summed E-state index contributed by atoms with van der Waals surface area (Å²) in [5, 5.41) is 0. The number of rotatable bonds is 11. The lowest BCUT2D eigenvalue weighted by Crippen LogP contribution is -2.40. The second-order valence-electron chi connectivity index (χ2n) is 7.67. The number of esters is 1. The predicted molar refractivity (Wildman–Crippen MR) is 126 cm³/mol. The summed E-state index contributed by atoms with van der Waals surface area (Å²) < 4.78 is 16.7. The molecule has 0 radical (unpaired) electrons. The van der Waals surface area contributed by atoms with Gasteiger partial charge in [-0.15, -0.1) is 0 Å². The molecule has 0 aliphatic heterocycles. The third-order valence-corrected chi connectivity index (χ3v) is 5.43. The van der Waals surface area contributed by atoms with Gasteiger partial charge in [0.2, 0.25) is 0 Å². The number of hydrogen-bond donors (Lipinski definition) is 0. The van der Waals surface area contributed by atoms with Crippen molar-refractivity contribution < 1.29 is 19.0 Å². The van der Waals surface area contributed by atoms with Gasteiger partial charge < -0.3 is 14.2 Å². The van der Waals surface area contributed by atoms with E-state index in [2.05, 4.69) is 0 Å². The maximum atomic E-state index is 12.1. The number of ether oxygens (including phenoxy) is 3.